The van der Waals surface area contributed by atoms with Crippen LogP contribution < -0.4 is 14.1 Å². The van der Waals surface area contributed by atoms with Crippen LogP contribution in [0.4, 0.5) is 8.78 Å². The summed E-state index contributed by atoms with van der Waals surface area (Å²) in [4.78, 5) is 25.6. The van der Waals surface area contributed by atoms with Crippen LogP contribution in [0.25, 0.3) is 55.4 Å². The Labute approximate surface area is 424 Å². The van der Waals surface area contributed by atoms with Crippen LogP contribution in [0.5, 0.6) is 17.2 Å². The second kappa shape index (κ2) is 22.8. The molecular weight excluding hydrogens is 1030 g/mol. The molecule has 0 amide bonds. The summed E-state index contributed by atoms with van der Waals surface area (Å²) in [7, 11) is -3.57. The average Bonchev–Trinajstić information content (AvgIpc) is 4.10. The van der Waals surface area contributed by atoms with Crippen molar-refractivity contribution in [1.29, 1.82) is 0 Å². The first kappa shape index (κ1) is 51.0. The number of hydrogen-bond donors (Lipinski definition) is 1. The van der Waals surface area contributed by atoms with Gasteiger partial charge in [-0.3, -0.25) is 0 Å². The molecule has 24 heteroatoms. The molecule has 0 fully saturated rings. The molecule has 0 atom stereocenters. The van der Waals surface area contributed by atoms with Crippen LogP contribution in [0.2, 0.25) is 5.02 Å². The van der Waals surface area contributed by atoms with Gasteiger partial charge in [0.1, 0.15) is 75.7 Å². The van der Waals surface area contributed by atoms with Gasteiger partial charge in [0, 0.05) is 33.0 Å². The molecule has 4 heterocycles. The number of methoxy groups -OCH3 is 2. The third-order valence-electron chi connectivity index (χ3n) is 10.4. The van der Waals surface area contributed by atoms with Gasteiger partial charge in [-0.2, -0.15) is 8.75 Å². The van der Waals surface area contributed by atoms with Crippen LogP contribution in [0.3, 0.4) is 0 Å². The molecule has 0 aliphatic carbocycles. The van der Waals surface area contributed by atoms with Crippen LogP contribution in [0, 0.1) is 11.6 Å². The lowest BCUT2D eigenvalue weighted by molar-refractivity contribution is 0.416. The van der Waals surface area contributed by atoms with Gasteiger partial charge < -0.3 is 19.2 Å². The van der Waals surface area contributed by atoms with E-state index >= 15 is 0 Å². The first-order valence-electron chi connectivity index (χ1n) is 20.9. The van der Waals surface area contributed by atoms with E-state index in [-0.39, 0.29) is 38.7 Å². The Bertz CT molecular complexity index is 3760. The normalized spacial score (nSPS) is 11.2. The minimum atomic E-state index is -3.61. The first-order chi connectivity index (χ1) is 34.7. The Hall–Kier alpha value is -7.41. The Morgan fingerprint density at radius 2 is 1.08 bits per heavy atom. The average molecular weight is 1060 g/mol. The van der Waals surface area contributed by atoms with E-state index in [9.17, 15) is 25.6 Å². The molecule has 0 aliphatic rings. The summed E-state index contributed by atoms with van der Waals surface area (Å²) >= 11 is 8.16. The molecule has 1 N–H and O–H groups in total. The third-order valence-corrected chi connectivity index (χ3v) is 15.6. The number of rotatable bonds is 13. The molecule has 0 saturated heterocycles. The molecule has 0 saturated carbocycles. The monoisotopic (exact) mass is 1060 g/mol. The maximum absolute atomic E-state index is 13.7. The zero-order chi connectivity index (χ0) is 50.8. The number of nitrogens with zero attached hydrogens (tertiary/aromatic N) is 8. The van der Waals surface area contributed by atoms with Crippen molar-refractivity contribution < 1.29 is 44.8 Å². The molecule has 10 aromatic rings. The predicted octanol–water partition coefficient (Wildman–Crippen LogP) is 9.45. The fourth-order valence-electron chi connectivity index (χ4n) is 7.10. The van der Waals surface area contributed by atoms with Gasteiger partial charge in [0.05, 0.1) is 46.4 Å². The highest BCUT2D eigenvalue weighted by Gasteiger charge is 2.22. The third kappa shape index (κ3) is 12.2. The largest absolute Gasteiger partial charge is 0.569 e. The van der Waals surface area contributed by atoms with Crippen LogP contribution >= 0.6 is 34.7 Å². The van der Waals surface area contributed by atoms with E-state index in [1.54, 1.807) is 62.8 Å². The summed E-state index contributed by atoms with van der Waals surface area (Å²) < 4.78 is 100. The highest BCUT2D eigenvalue weighted by atomic mass is 35.5. The summed E-state index contributed by atoms with van der Waals surface area (Å²) in [5.74, 6) is 0.263. The molecule has 10 rings (SSSR count). The van der Waals surface area contributed by atoms with Crippen molar-refractivity contribution in [1.82, 2.24) is 38.7 Å². The highest BCUT2D eigenvalue weighted by Crippen LogP contribution is 2.38. The number of benzene rings is 6. The number of ether oxygens (including phenoxy) is 2. The minimum Gasteiger partial charge on any atom is -0.537 e. The molecule has 4 aromatic heterocycles. The van der Waals surface area contributed by atoms with Gasteiger partial charge in [0.25, 0.3) is 0 Å². The quantitative estimate of drug-likeness (QED) is 0.106. The van der Waals surface area contributed by atoms with Crippen molar-refractivity contribution in [2.45, 2.75) is 21.3 Å². The Balaban J connectivity index is 0.000000164. The van der Waals surface area contributed by atoms with Crippen molar-refractivity contribution >= 4 is 83.8 Å². The fourth-order valence-corrected chi connectivity index (χ4v) is 11.5. The molecular formula is C48H35BClF2N8O8S4. The zero-order valence-electron chi connectivity index (χ0n) is 37.5. The van der Waals surface area contributed by atoms with E-state index in [0.29, 0.717) is 73.0 Å². The van der Waals surface area contributed by atoms with E-state index in [2.05, 4.69) is 43.3 Å². The number of aromatic nitrogens is 8. The Morgan fingerprint density at radius 1 is 0.569 bits per heavy atom. The molecule has 0 spiro atoms. The van der Waals surface area contributed by atoms with Crippen molar-refractivity contribution in [3.05, 3.63) is 173 Å². The van der Waals surface area contributed by atoms with Gasteiger partial charge in [-0.1, -0.05) is 35.9 Å². The predicted molar refractivity (Wildman–Crippen MR) is 270 cm³/mol. The molecule has 0 unspecified atom stereocenters. The maximum Gasteiger partial charge on any atom is 0.569 e. The van der Waals surface area contributed by atoms with Crippen LogP contribution in [-0.4, -0.2) is 82.4 Å². The van der Waals surface area contributed by atoms with Gasteiger partial charge >= 0.3 is 7.69 Å². The number of halogens is 3. The summed E-state index contributed by atoms with van der Waals surface area (Å²) in [5, 5.41) is 10.9. The van der Waals surface area contributed by atoms with E-state index in [1.807, 2.05) is 30.3 Å². The SMILES string of the molecule is COc1cc(-c2cccc(F)c2)ccc1-c1ncnc2cc(S(=O)(=O)Cc3ncns3)ccc12.COc1cc(Cl)ccc1-c1ncnc2cc(S(=O)(=O)Cc3ncns3)ccc12.O[B]Oc1cccc(F)c1. The smallest absolute Gasteiger partial charge is 0.537 e. The second-order valence-electron chi connectivity index (χ2n) is 14.9. The van der Waals surface area contributed by atoms with E-state index in [1.165, 1.54) is 67.8 Å². The molecule has 0 bridgehead atoms. The number of sulfone groups is 2. The standard InChI is InChI=1S/C24H17FN4O3S2.C18H13ClN4O3S2.C6H5BFO2/c1-32-22-10-16(15-3-2-4-17(25)9-15)5-7-20(22)24-19-8-6-18(11-21(19)26-13-28-24)34(30,31)12-23-27-14-29-33-23;1-26-16-6-11(19)2-4-14(16)18-13-5-3-12(7-15(13)20-9-22-18)28(24,25)8-17-21-10-23-27-17;8-5-2-1-3-6(4-5)10-7-9/h2-11,13-14H,12H2,1H3;2-7,9-10H,8H2,1H3;1-4,9H. The van der Waals surface area contributed by atoms with Crippen LogP contribution in [0.15, 0.2) is 156 Å². The topological polar surface area (TPSA) is 219 Å². The zero-order valence-corrected chi connectivity index (χ0v) is 41.5. The number of fused-ring (bicyclic) bond motifs is 2. The van der Waals surface area contributed by atoms with Gasteiger partial charge in [0.15, 0.2) is 19.7 Å². The van der Waals surface area contributed by atoms with Crippen LogP contribution in [0.1, 0.15) is 10.0 Å². The lowest BCUT2D eigenvalue weighted by Crippen LogP contribution is -2.05. The van der Waals surface area contributed by atoms with Crippen molar-refractivity contribution in [2.75, 3.05) is 14.2 Å². The number of hydrogen-bond acceptors (Lipinski definition) is 18. The van der Waals surface area contributed by atoms with Gasteiger partial charge in [-0.05, 0) is 125 Å². The fraction of sp³-hybridized carbons (Fsp3) is 0.0833. The first-order valence-corrected chi connectivity index (χ1v) is 26.1. The molecule has 16 nitrogen and oxygen atoms in total. The highest BCUT2D eigenvalue weighted by molar-refractivity contribution is 7.91. The Morgan fingerprint density at radius 3 is 1.58 bits per heavy atom. The summed E-state index contributed by atoms with van der Waals surface area (Å²) in [6.45, 7) is 0. The summed E-state index contributed by atoms with van der Waals surface area (Å²) in [6, 6.07) is 32.2. The Kier molecular flexibility index (Phi) is 16.1. The lowest BCUT2D eigenvalue weighted by Gasteiger charge is -2.13. The minimum absolute atomic E-state index is 0.147. The molecule has 0 aliphatic heterocycles. The molecule has 72 heavy (non-hydrogen) atoms. The molecule has 363 valence electrons. The maximum atomic E-state index is 13.7. The van der Waals surface area contributed by atoms with E-state index in [4.69, 9.17) is 26.1 Å². The molecule has 6 aromatic carbocycles. The van der Waals surface area contributed by atoms with Crippen LogP contribution in [-0.2, 0) is 31.2 Å². The summed E-state index contributed by atoms with van der Waals surface area (Å²) in [6.07, 6.45) is 5.46. The van der Waals surface area contributed by atoms with Crippen molar-refractivity contribution in [3.63, 3.8) is 0 Å². The lowest BCUT2D eigenvalue weighted by atomic mass is 10.00. The van der Waals surface area contributed by atoms with E-state index < -0.39 is 19.7 Å². The second-order valence-corrected chi connectivity index (χ2v) is 21.1. The van der Waals surface area contributed by atoms with Gasteiger partial charge in [-0.15, -0.1) is 0 Å². The molecule has 1 radical (unpaired) electrons. The van der Waals surface area contributed by atoms with Crippen molar-refractivity contribution in [2.24, 2.45) is 0 Å². The van der Waals surface area contributed by atoms with E-state index in [0.717, 1.165) is 39.8 Å². The van der Waals surface area contributed by atoms with Gasteiger partial charge in [0.2, 0.25) is 0 Å². The van der Waals surface area contributed by atoms with Crippen molar-refractivity contribution in [3.8, 4) is 50.9 Å². The van der Waals surface area contributed by atoms with Gasteiger partial charge in [-0.25, -0.2) is 55.5 Å². The summed E-state index contributed by atoms with van der Waals surface area (Å²) in [5.41, 5.74) is 5.20.